The molecular weight excluding hydrogens is 302 g/mol. The van der Waals surface area contributed by atoms with E-state index >= 15 is 0 Å². The molecule has 0 aliphatic heterocycles. The maximum Gasteiger partial charge on any atom is 0.434 e. The van der Waals surface area contributed by atoms with Gasteiger partial charge in [-0.3, -0.25) is 0 Å². The van der Waals surface area contributed by atoms with Crippen molar-refractivity contribution in [3.05, 3.63) is 22.5 Å². The molecular formula is C14H27N5O4. The quantitative estimate of drug-likeness (QED) is 0.408. The molecule has 1 rings (SSSR count). The molecule has 1 aromatic heterocycles. The predicted molar refractivity (Wildman–Crippen MR) is 87.6 cm³/mol. The summed E-state index contributed by atoms with van der Waals surface area (Å²) < 4.78 is 1.54. The van der Waals surface area contributed by atoms with Crippen molar-refractivity contribution in [2.45, 2.75) is 38.6 Å². The molecule has 1 heterocycles. The summed E-state index contributed by atoms with van der Waals surface area (Å²) in [6.45, 7) is 1.13. The number of hydrogen-bond donors (Lipinski definition) is 2. The smallest absolute Gasteiger partial charge is 0.434 e. The lowest BCUT2D eigenvalue weighted by atomic mass is 10.1. The summed E-state index contributed by atoms with van der Waals surface area (Å²) in [6.07, 6.45) is 6.75. The third kappa shape index (κ3) is 9.46. The number of amides is 1. The second-order valence-corrected chi connectivity index (χ2v) is 5.15. The maximum atomic E-state index is 10.6. The summed E-state index contributed by atoms with van der Waals surface area (Å²) in [5.41, 5.74) is 0. The highest BCUT2D eigenvalue weighted by Crippen LogP contribution is 2.11. The predicted octanol–water partition coefficient (Wildman–Crippen LogP) is 2.19. The number of nitrogens with one attached hydrogen (secondary N) is 1. The van der Waals surface area contributed by atoms with Crippen LogP contribution in [-0.4, -0.2) is 58.3 Å². The number of hydrogen-bond acceptors (Lipinski definition) is 5. The van der Waals surface area contributed by atoms with Crippen LogP contribution in [0.25, 0.3) is 0 Å². The molecule has 0 atom stereocenters. The van der Waals surface area contributed by atoms with Crippen molar-refractivity contribution in [1.82, 2.24) is 19.8 Å². The number of carboxylic acid groups (broad SMARTS) is 1. The number of rotatable bonds is 9. The van der Waals surface area contributed by atoms with Crippen LogP contribution in [0.5, 0.6) is 0 Å². The van der Waals surface area contributed by atoms with Crippen LogP contribution in [-0.2, 0) is 6.54 Å². The Bertz CT molecular complexity index is 464. The van der Waals surface area contributed by atoms with E-state index in [9.17, 15) is 14.9 Å². The van der Waals surface area contributed by atoms with E-state index in [0.29, 0.717) is 13.1 Å². The zero-order chi connectivity index (χ0) is 17.7. The largest absolute Gasteiger partial charge is 0.465 e. The third-order valence-corrected chi connectivity index (χ3v) is 3.08. The van der Waals surface area contributed by atoms with Gasteiger partial charge in [0, 0.05) is 13.6 Å². The summed E-state index contributed by atoms with van der Waals surface area (Å²) in [6, 6.07) is 0. The minimum Gasteiger partial charge on any atom is -0.465 e. The van der Waals surface area contributed by atoms with Crippen LogP contribution < -0.4 is 5.32 Å². The number of unbranched alkanes of at least 4 members (excludes halogenated alkanes) is 4. The van der Waals surface area contributed by atoms with E-state index in [-0.39, 0.29) is 5.95 Å². The Kier molecular flexibility index (Phi) is 11.2. The molecule has 2 N–H and O–H groups in total. The highest BCUT2D eigenvalue weighted by Gasteiger charge is 2.12. The lowest BCUT2D eigenvalue weighted by Crippen LogP contribution is -2.25. The summed E-state index contributed by atoms with van der Waals surface area (Å²) in [5, 5.41) is 22.1. The molecule has 0 bridgehead atoms. The van der Waals surface area contributed by atoms with Gasteiger partial charge in [0.15, 0.2) is 0 Å². The number of aryl methyl sites for hydroxylation is 1. The molecule has 132 valence electrons. The standard InChI is InChI=1S/C12H20N4O4.C2H7N/c1-14(12(17)18)8-5-3-2-4-6-9-15-10-7-13-11(15)16(19)20;1-3-2/h7,10H,2-6,8-9H2,1H3,(H,17,18);3H,1-2H3. The Hall–Kier alpha value is -2.16. The van der Waals surface area contributed by atoms with Crippen molar-refractivity contribution >= 4 is 12.0 Å². The van der Waals surface area contributed by atoms with Gasteiger partial charge in [0.25, 0.3) is 0 Å². The fourth-order valence-electron chi connectivity index (χ4n) is 1.90. The van der Waals surface area contributed by atoms with Crippen LogP contribution in [0.2, 0.25) is 0 Å². The van der Waals surface area contributed by atoms with E-state index in [1.807, 2.05) is 14.1 Å². The monoisotopic (exact) mass is 329 g/mol. The van der Waals surface area contributed by atoms with Gasteiger partial charge in [-0.05, 0) is 31.9 Å². The summed E-state index contributed by atoms with van der Waals surface area (Å²) in [7, 11) is 5.31. The first-order valence-electron chi connectivity index (χ1n) is 7.62. The molecule has 23 heavy (non-hydrogen) atoms. The number of nitro groups is 1. The number of aromatic nitrogens is 2. The van der Waals surface area contributed by atoms with E-state index in [4.69, 9.17) is 5.11 Å². The first-order valence-corrected chi connectivity index (χ1v) is 7.62. The van der Waals surface area contributed by atoms with Crippen molar-refractivity contribution in [3.8, 4) is 0 Å². The Balaban J connectivity index is 0.00000149. The molecule has 0 aliphatic carbocycles. The first kappa shape index (κ1) is 20.8. The molecule has 0 saturated heterocycles. The highest BCUT2D eigenvalue weighted by atomic mass is 16.6. The van der Waals surface area contributed by atoms with Gasteiger partial charge in [0.1, 0.15) is 12.4 Å². The lowest BCUT2D eigenvalue weighted by Gasteiger charge is -2.11. The molecule has 1 aromatic rings. The van der Waals surface area contributed by atoms with E-state index in [0.717, 1.165) is 32.1 Å². The van der Waals surface area contributed by atoms with Crippen LogP contribution in [0.4, 0.5) is 10.7 Å². The Morgan fingerprint density at radius 2 is 1.91 bits per heavy atom. The van der Waals surface area contributed by atoms with E-state index < -0.39 is 11.0 Å². The molecule has 0 unspecified atom stereocenters. The molecule has 0 radical (unpaired) electrons. The van der Waals surface area contributed by atoms with E-state index in [2.05, 4.69) is 10.3 Å². The van der Waals surface area contributed by atoms with Gasteiger partial charge in [-0.2, -0.15) is 0 Å². The van der Waals surface area contributed by atoms with Gasteiger partial charge in [-0.25, -0.2) is 9.36 Å². The lowest BCUT2D eigenvalue weighted by molar-refractivity contribution is -0.396. The number of imidazole rings is 1. The van der Waals surface area contributed by atoms with Crippen molar-refractivity contribution in [3.63, 3.8) is 0 Å². The molecule has 0 fully saturated rings. The van der Waals surface area contributed by atoms with E-state index in [1.165, 1.54) is 15.7 Å². The average Bonchev–Trinajstić information content (AvgIpc) is 2.95. The molecule has 0 spiro atoms. The van der Waals surface area contributed by atoms with E-state index in [1.54, 1.807) is 13.2 Å². The Morgan fingerprint density at radius 1 is 1.35 bits per heavy atom. The molecule has 1 amide bonds. The zero-order valence-corrected chi connectivity index (χ0v) is 14.1. The second kappa shape index (κ2) is 12.4. The van der Waals surface area contributed by atoms with Gasteiger partial charge in [0.05, 0.1) is 6.54 Å². The van der Waals surface area contributed by atoms with Crippen molar-refractivity contribution in [2.24, 2.45) is 0 Å². The zero-order valence-electron chi connectivity index (χ0n) is 14.1. The van der Waals surface area contributed by atoms with Crippen molar-refractivity contribution in [2.75, 3.05) is 27.7 Å². The number of carbonyl (C=O) groups is 1. The minimum atomic E-state index is -0.905. The number of nitrogens with zero attached hydrogens (tertiary/aromatic N) is 4. The van der Waals surface area contributed by atoms with Gasteiger partial charge in [0.2, 0.25) is 0 Å². The fraction of sp³-hybridized carbons (Fsp3) is 0.714. The second-order valence-electron chi connectivity index (χ2n) is 5.15. The van der Waals surface area contributed by atoms with Gasteiger partial charge >= 0.3 is 12.0 Å². The topological polar surface area (TPSA) is 114 Å². The van der Waals surface area contributed by atoms with Crippen molar-refractivity contribution < 1.29 is 14.8 Å². The normalized spacial score (nSPS) is 9.87. The summed E-state index contributed by atoms with van der Waals surface area (Å²) in [5.74, 6) is -0.118. The van der Waals surface area contributed by atoms with Crippen LogP contribution >= 0.6 is 0 Å². The molecule has 9 nitrogen and oxygen atoms in total. The maximum absolute atomic E-state index is 10.6. The van der Waals surface area contributed by atoms with Crippen LogP contribution in [0.3, 0.4) is 0 Å². The van der Waals surface area contributed by atoms with Crippen LogP contribution in [0.1, 0.15) is 32.1 Å². The first-order chi connectivity index (χ1) is 10.9. The van der Waals surface area contributed by atoms with Crippen LogP contribution in [0.15, 0.2) is 12.4 Å². The molecule has 0 saturated carbocycles. The summed E-state index contributed by atoms with van der Waals surface area (Å²) >= 11 is 0. The van der Waals surface area contributed by atoms with Crippen LogP contribution in [0, 0.1) is 10.1 Å². The molecule has 0 aromatic carbocycles. The third-order valence-electron chi connectivity index (χ3n) is 3.08. The van der Waals surface area contributed by atoms with Gasteiger partial charge in [-0.1, -0.05) is 24.2 Å². The minimum absolute atomic E-state index is 0.118. The fourth-order valence-corrected chi connectivity index (χ4v) is 1.90. The Labute approximate surface area is 136 Å². The summed E-state index contributed by atoms with van der Waals surface area (Å²) in [4.78, 5) is 25.7. The van der Waals surface area contributed by atoms with Gasteiger partial charge < -0.3 is 25.4 Å². The molecule has 9 heteroatoms. The SMILES string of the molecule is CN(CCCCCCCn1ccnc1[N+](=O)[O-])C(=O)O.CNC. The Morgan fingerprint density at radius 3 is 2.48 bits per heavy atom. The highest BCUT2D eigenvalue weighted by molar-refractivity contribution is 5.64. The van der Waals surface area contributed by atoms with Crippen molar-refractivity contribution in [1.29, 1.82) is 0 Å². The van der Waals surface area contributed by atoms with Gasteiger partial charge in [-0.15, -0.1) is 0 Å². The molecule has 0 aliphatic rings. The average molecular weight is 329 g/mol.